The third kappa shape index (κ3) is 5.97. The molecule has 46 heavy (non-hydrogen) atoms. The predicted octanol–water partition coefficient (Wildman–Crippen LogP) is 6.00. The number of pyridine rings is 1. The molecule has 11 nitrogen and oxygen atoms in total. The number of ether oxygens (including phenoxy) is 2. The van der Waals surface area contributed by atoms with Crippen LogP contribution in [0, 0.1) is 12.5 Å². The Bertz CT molecular complexity index is 1850. The number of carbonyl (C=O) groups excluding carboxylic acids is 1. The van der Waals surface area contributed by atoms with E-state index in [1.807, 2.05) is 31.3 Å². The Morgan fingerprint density at radius 2 is 2.04 bits per heavy atom. The van der Waals surface area contributed by atoms with E-state index >= 15 is 0 Å². The van der Waals surface area contributed by atoms with Gasteiger partial charge in [0.05, 0.1) is 35.1 Å². The SMILES string of the molecule is C#[N+][C@@]12CC(COc3cc4ncnc(Nc5ccc(OCc6ccccn6)c(Cl)c5)c4cc3NC(=O)C=C)C[C@]1(N=C)CN(C)C2. The lowest BCUT2D eigenvalue weighted by atomic mass is 9.84. The number of aromatic nitrogens is 3. The van der Waals surface area contributed by atoms with Crippen molar-refractivity contribution in [2.45, 2.75) is 30.5 Å². The Kier molecular flexibility index (Phi) is 8.58. The molecule has 12 heteroatoms. The molecule has 0 bridgehead atoms. The van der Waals surface area contributed by atoms with Crippen LogP contribution in [0.15, 0.2) is 78.7 Å². The molecule has 3 atom stereocenters. The molecule has 2 fully saturated rings. The number of amides is 1. The third-order valence-electron chi connectivity index (χ3n) is 8.68. The quantitative estimate of drug-likeness (QED) is 0.152. The van der Waals surface area contributed by atoms with Crippen molar-refractivity contribution in [3.63, 3.8) is 0 Å². The molecule has 1 saturated heterocycles. The number of likely N-dealkylation sites (N-methyl/N-ethyl adjacent to an activating group) is 1. The lowest BCUT2D eigenvalue weighted by Crippen LogP contribution is -2.44. The summed E-state index contributed by atoms with van der Waals surface area (Å²) in [5, 5.41) is 7.26. The zero-order valence-corrected chi connectivity index (χ0v) is 26.2. The number of benzene rings is 2. The Balaban J connectivity index is 1.22. The lowest BCUT2D eigenvalue weighted by molar-refractivity contribution is -0.111. The number of hydrogen-bond donors (Lipinski definition) is 2. The molecule has 2 aromatic carbocycles. The van der Waals surface area contributed by atoms with E-state index in [1.165, 1.54) is 12.4 Å². The maximum Gasteiger partial charge on any atom is 0.319 e. The first kappa shape index (κ1) is 31.0. The molecular formula is C34H34ClN8O3+. The molecule has 1 unspecified atom stereocenters. The van der Waals surface area contributed by atoms with E-state index in [0.717, 1.165) is 25.1 Å². The van der Waals surface area contributed by atoms with Crippen LogP contribution >= 0.6 is 11.6 Å². The fourth-order valence-electron chi connectivity index (χ4n) is 6.63. The van der Waals surface area contributed by atoms with E-state index in [4.69, 9.17) is 27.6 Å². The van der Waals surface area contributed by atoms with Crippen LogP contribution < -0.4 is 20.1 Å². The van der Waals surface area contributed by atoms with Gasteiger partial charge in [-0.15, -0.1) is 0 Å². The van der Waals surface area contributed by atoms with Crippen LogP contribution in [0.1, 0.15) is 18.5 Å². The van der Waals surface area contributed by atoms with Crippen molar-refractivity contribution < 1.29 is 14.3 Å². The summed E-state index contributed by atoms with van der Waals surface area (Å²) in [5.41, 5.74) is 1.61. The van der Waals surface area contributed by atoms with Gasteiger partial charge in [-0.1, -0.05) is 29.1 Å². The lowest BCUT2D eigenvalue weighted by Gasteiger charge is -2.22. The first-order valence-corrected chi connectivity index (χ1v) is 15.2. The second-order valence-corrected chi connectivity index (χ2v) is 12.2. The van der Waals surface area contributed by atoms with Crippen LogP contribution in [0.2, 0.25) is 5.02 Å². The molecule has 1 aliphatic heterocycles. The molecule has 234 valence electrons. The number of nitrogens with zero attached hydrogens (tertiary/aromatic N) is 6. The average Bonchev–Trinajstić information content (AvgIpc) is 3.51. The molecule has 1 aliphatic carbocycles. The van der Waals surface area contributed by atoms with E-state index in [1.54, 1.807) is 30.5 Å². The minimum atomic E-state index is -0.499. The largest absolute Gasteiger partial charge is 0.491 e. The number of fused-ring (bicyclic) bond motifs is 2. The third-order valence-corrected chi connectivity index (χ3v) is 8.98. The molecule has 1 saturated carbocycles. The fraction of sp³-hybridized carbons (Fsp3) is 0.294. The zero-order valence-electron chi connectivity index (χ0n) is 25.4. The summed E-state index contributed by atoms with van der Waals surface area (Å²) < 4.78 is 12.2. The van der Waals surface area contributed by atoms with Crippen molar-refractivity contribution >= 4 is 52.3 Å². The molecule has 6 rings (SSSR count). The fourth-order valence-corrected chi connectivity index (χ4v) is 6.87. The Morgan fingerprint density at radius 3 is 2.76 bits per heavy atom. The highest BCUT2D eigenvalue weighted by Crippen LogP contribution is 2.52. The number of anilines is 3. The molecule has 3 heterocycles. The number of halogens is 1. The monoisotopic (exact) mass is 637 g/mol. The highest BCUT2D eigenvalue weighted by atomic mass is 35.5. The number of rotatable bonds is 11. The number of nitrogens with one attached hydrogen (secondary N) is 2. The summed E-state index contributed by atoms with van der Waals surface area (Å²) in [5.74, 6) is 1.27. The van der Waals surface area contributed by atoms with Gasteiger partial charge in [-0.05, 0) is 62.7 Å². The summed E-state index contributed by atoms with van der Waals surface area (Å²) >= 11 is 6.55. The van der Waals surface area contributed by atoms with Gasteiger partial charge in [0.1, 0.15) is 30.3 Å². The van der Waals surface area contributed by atoms with Crippen molar-refractivity contribution in [3.05, 3.63) is 89.3 Å². The van der Waals surface area contributed by atoms with E-state index in [0.29, 0.717) is 64.4 Å². The highest BCUT2D eigenvalue weighted by molar-refractivity contribution is 6.32. The van der Waals surface area contributed by atoms with Gasteiger partial charge in [0, 0.05) is 42.2 Å². The Hall–Kier alpha value is -5.05. The summed E-state index contributed by atoms with van der Waals surface area (Å²) in [4.78, 5) is 36.7. The van der Waals surface area contributed by atoms with Gasteiger partial charge in [-0.3, -0.25) is 19.7 Å². The number of carbonyl (C=O) groups is 1. The van der Waals surface area contributed by atoms with Crippen molar-refractivity contribution in [1.29, 1.82) is 0 Å². The summed E-state index contributed by atoms with van der Waals surface area (Å²) in [6.07, 6.45) is 5.85. The first-order valence-electron chi connectivity index (χ1n) is 14.8. The van der Waals surface area contributed by atoms with Crippen LogP contribution in [0.25, 0.3) is 15.7 Å². The minimum absolute atomic E-state index is 0.133. The second kappa shape index (κ2) is 12.7. The first-order chi connectivity index (χ1) is 22.3. The second-order valence-electron chi connectivity index (χ2n) is 11.8. The number of aliphatic imine (C=N–C) groups is 1. The zero-order chi connectivity index (χ0) is 32.3. The molecular weight excluding hydrogens is 604 g/mol. The normalized spacial score (nSPS) is 22.1. The van der Waals surface area contributed by atoms with Crippen molar-refractivity contribution in [1.82, 2.24) is 19.9 Å². The summed E-state index contributed by atoms with van der Waals surface area (Å²) in [6.45, 7) is 15.6. The molecule has 0 radical (unpaired) electrons. The molecule has 2 N–H and O–H groups in total. The van der Waals surface area contributed by atoms with Gasteiger partial charge in [0.25, 0.3) is 6.57 Å². The number of hydrogen-bond acceptors (Lipinski definition) is 9. The highest BCUT2D eigenvalue weighted by Gasteiger charge is 2.71. The molecule has 0 spiro atoms. The molecule has 1 amide bonds. The van der Waals surface area contributed by atoms with Gasteiger partial charge in [-0.2, -0.15) is 0 Å². The average molecular weight is 638 g/mol. The topological polar surface area (TPSA) is 118 Å². The van der Waals surface area contributed by atoms with Gasteiger partial charge in [0.15, 0.2) is 5.54 Å². The van der Waals surface area contributed by atoms with Crippen molar-refractivity contribution in [3.8, 4) is 18.1 Å². The van der Waals surface area contributed by atoms with E-state index in [-0.39, 0.29) is 11.8 Å². The van der Waals surface area contributed by atoms with E-state index in [9.17, 15) is 4.79 Å². The van der Waals surface area contributed by atoms with Crippen molar-refractivity contribution in [2.24, 2.45) is 10.9 Å². The van der Waals surface area contributed by atoms with E-state index < -0.39 is 11.1 Å². The van der Waals surface area contributed by atoms with Crippen LogP contribution in [0.4, 0.5) is 17.2 Å². The Morgan fingerprint density at radius 1 is 1.17 bits per heavy atom. The molecule has 2 aliphatic rings. The summed E-state index contributed by atoms with van der Waals surface area (Å²) in [7, 11) is 2.04. The maximum absolute atomic E-state index is 12.4. The van der Waals surface area contributed by atoms with Gasteiger partial charge in [0.2, 0.25) is 5.91 Å². The minimum Gasteiger partial charge on any atom is -0.491 e. The van der Waals surface area contributed by atoms with Crippen LogP contribution in [0.3, 0.4) is 0 Å². The van der Waals surface area contributed by atoms with Gasteiger partial charge >= 0.3 is 5.54 Å². The smallest absolute Gasteiger partial charge is 0.319 e. The molecule has 2 aromatic heterocycles. The van der Waals surface area contributed by atoms with Crippen LogP contribution in [0.5, 0.6) is 11.5 Å². The van der Waals surface area contributed by atoms with Gasteiger partial charge in [-0.25, -0.2) is 9.97 Å². The van der Waals surface area contributed by atoms with E-state index in [2.05, 4.69) is 53.6 Å². The maximum atomic E-state index is 12.4. The predicted molar refractivity (Wildman–Crippen MR) is 181 cm³/mol. The van der Waals surface area contributed by atoms with Crippen LogP contribution in [-0.4, -0.2) is 70.3 Å². The van der Waals surface area contributed by atoms with Crippen molar-refractivity contribution in [2.75, 3.05) is 37.4 Å². The standard InChI is InChI=1S/C34H33ClN8O3/c1-5-31(44)42-28-13-25-27(14-30(28)45-17-22-15-33(36-2)19-43(4)20-34(33,16-22)37-3)39-21-40-32(25)41-23-9-10-29(26(35)12-23)46-18-24-8-6-7-11-38-24/h2,5-14,21-22H,1,3,15-20H2,4H3,(H-,39,40,41,42,44)/p+1/t22?,33-,34+/m1/s1. The van der Waals surface area contributed by atoms with Gasteiger partial charge < -0.3 is 20.1 Å². The molecule has 4 aromatic rings. The summed E-state index contributed by atoms with van der Waals surface area (Å²) in [6, 6.07) is 14.6. The number of likely N-dealkylation sites (tertiary alicyclic amines) is 1. The van der Waals surface area contributed by atoms with Crippen LogP contribution in [-0.2, 0) is 11.4 Å². The Labute approximate surface area is 272 Å².